The van der Waals surface area contributed by atoms with Crippen LogP contribution in [0.3, 0.4) is 0 Å². The molecule has 28 heavy (non-hydrogen) atoms. The summed E-state index contributed by atoms with van der Waals surface area (Å²) < 4.78 is 24.7. The molecule has 0 aliphatic heterocycles. The standard InChI is InChI=1S/C21H26F2N2O2S/c22-20(23)28-17-3-1-16(2-4-17)25-18(26)5-6-24-19(27)21-10-13-7-14(11-21)9-15(8-13)12-21/h1-4,13-15,20H,5-12H2,(H,24,27)(H,25,26). The molecule has 2 N–H and O–H groups in total. The summed E-state index contributed by atoms with van der Waals surface area (Å²) in [6.07, 6.45) is 7.13. The number of halogens is 2. The van der Waals surface area contributed by atoms with Crippen molar-refractivity contribution in [3.05, 3.63) is 24.3 Å². The van der Waals surface area contributed by atoms with E-state index in [0.29, 0.717) is 46.6 Å². The maximum absolute atomic E-state index is 12.9. The van der Waals surface area contributed by atoms with Crippen molar-refractivity contribution in [2.24, 2.45) is 23.2 Å². The zero-order chi connectivity index (χ0) is 19.7. The smallest absolute Gasteiger partial charge is 0.288 e. The molecule has 152 valence electrons. The van der Waals surface area contributed by atoms with Gasteiger partial charge in [-0.2, -0.15) is 8.78 Å². The van der Waals surface area contributed by atoms with Crippen LogP contribution in [0.2, 0.25) is 0 Å². The summed E-state index contributed by atoms with van der Waals surface area (Å²) in [5.41, 5.74) is 0.375. The van der Waals surface area contributed by atoms with Crippen molar-refractivity contribution in [1.82, 2.24) is 5.32 Å². The fourth-order valence-electron chi connectivity index (χ4n) is 5.81. The second-order valence-electron chi connectivity index (χ2n) is 8.65. The zero-order valence-electron chi connectivity index (χ0n) is 15.8. The maximum Gasteiger partial charge on any atom is 0.288 e. The Labute approximate surface area is 168 Å². The lowest BCUT2D eigenvalue weighted by Crippen LogP contribution is -2.53. The van der Waals surface area contributed by atoms with E-state index in [0.717, 1.165) is 19.3 Å². The van der Waals surface area contributed by atoms with Crippen molar-refractivity contribution >= 4 is 29.3 Å². The largest absolute Gasteiger partial charge is 0.355 e. The molecule has 0 saturated heterocycles. The van der Waals surface area contributed by atoms with Crippen molar-refractivity contribution in [3.63, 3.8) is 0 Å². The van der Waals surface area contributed by atoms with Gasteiger partial charge in [-0.25, -0.2) is 0 Å². The van der Waals surface area contributed by atoms with Gasteiger partial charge >= 0.3 is 0 Å². The maximum atomic E-state index is 12.9. The lowest BCUT2D eigenvalue weighted by Gasteiger charge is -2.55. The van der Waals surface area contributed by atoms with E-state index in [1.165, 1.54) is 19.3 Å². The first kappa shape index (κ1) is 19.7. The van der Waals surface area contributed by atoms with Gasteiger partial charge in [0.15, 0.2) is 0 Å². The summed E-state index contributed by atoms with van der Waals surface area (Å²) >= 11 is 0.473. The highest BCUT2D eigenvalue weighted by Crippen LogP contribution is 2.60. The minimum Gasteiger partial charge on any atom is -0.355 e. The van der Waals surface area contributed by atoms with Gasteiger partial charge in [0.1, 0.15) is 0 Å². The summed E-state index contributed by atoms with van der Waals surface area (Å²) in [6, 6.07) is 6.33. The van der Waals surface area contributed by atoms with Gasteiger partial charge in [-0.15, -0.1) is 0 Å². The summed E-state index contributed by atoms with van der Waals surface area (Å²) in [5.74, 6) is -0.379. The number of carbonyl (C=O) groups is 2. The van der Waals surface area contributed by atoms with Crippen LogP contribution in [0.25, 0.3) is 0 Å². The van der Waals surface area contributed by atoms with Crippen LogP contribution < -0.4 is 10.6 Å². The van der Waals surface area contributed by atoms with E-state index in [4.69, 9.17) is 0 Å². The van der Waals surface area contributed by atoms with E-state index < -0.39 is 5.76 Å². The molecule has 4 nitrogen and oxygen atoms in total. The summed E-state index contributed by atoms with van der Waals surface area (Å²) in [4.78, 5) is 25.4. The highest BCUT2D eigenvalue weighted by molar-refractivity contribution is 7.99. The molecular weight excluding hydrogens is 382 g/mol. The molecule has 0 spiro atoms. The van der Waals surface area contributed by atoms with Crippen LogP contribution in [0.4, 0.5) is 14.5 Å². The highest BCUT2D eigenvalue weighted by Gasteiger charge is 2.54. The molecule has 0 atom stereocenters. The Hall–Kier alpha value is -1.63. The third-order valence-corrected chi connectivity index (χ3v) is 7.24. The normalized spacial score (nSPS) is 30.5. The van der Waals surface area contributed by atoms with Gasteiger partial charge < -0.3 is 10.6 Å². The predicted octanol–water partition coefficient (Wildman–Crippen LogP) is 4.66. The van der Waals surface area contributed by atoms with E-state index >= 15 is 0 Å². The molecule has 4 fully saturated rings. The average molecular weight is 409 g/mol. The number of carbonyl (C=O) groups excluding carboxylic acids is 2. The zero-order valence-corrected chi connectivity index (χ0v) is 16.6. The number of hydrogen-bond donors (Lipinski definition) is 2. The molecule has 4 saturated carbocycles. The van der Waals surface area contributed by atoms with Crippen molar-refractivity contribution in [1.29, 1.82) is 0 Å². The first-order chi connectivity index (χ1) is 13.4. The molecule has 0 unspecified atom stereocenters. The SMILES string of the molecule is O=C(CCNC(=O)C12CC3CC(CC(C3)C1)C2)Nc1ccc(SC(F)F)cc1. The van der Waals surface area contributed by atoms with Crippen LogP contribution in [0, 0.1) is 23.2 Å². The Morgan fingerprint density at radius 2 is 1.61 bits per heavy atom. The molecule has 0 aromatic heterocycles. The molecule has 4 aliphatic carbocycles. The average Bonchev–Trinajstić information content (AvgIpc) is 2.61. The number of amides is 2. The topological polar surface area (TPSA) is 58.2 Å². The van der Waals surface area contributed by atoms with Crippen LogP contribution in [-0.2, 0) is 9.59 Å². The Morgan fingerprint density at radius 3 is 2.14 bits per heavy atom. The first-order valence-corrected chi connectivity index (χ1v) is 10.9. The van der Waals surface area contributed by atoms with Gasteiger partial charge in [-0.3, -0.25) is 9.59 Å². The Kier molecular flexibility index (Phi) is 5.63. The third-order valence-electron chi connectivity index (χ3n) is 6.52. The number of nitrogens with one attached hydrogen (secondary N) is 2. The van der Waals surface area contributed by atoms with Gasteiger partial charge in [-0.1, -0.05) is 11.8 Å². The molecule has 2 amide bonds. The number of rotatable bonds is 7. The highest BCUT2D eigenvalue weighted by atomic mass is 32.2. The molecule has 1 aromatic rings. The number of hydrogen-bond acceptors (Lipinski definition) is 3. The van der Waals surface area contributed by atoms with Gasteiger partial charge in [-0.05, 0) is 80.5 Å². The number of benzene rings is 1. The van der Waals surface area contributed by atoms with E-state index in [-0.39, 0.29) is 23.7 Å². The van der Waals surface area contributed by atoms with Crippen molar-refractivity contribution in [3.8, 4) is 0 Å². The lowest BCUT2D eigenvalue weighted by molar-refractivity contribution is -0.146. The quantitative estimate of drug-likeness (QED) is 0.645. The Bertz CT molecular complexity index is 703. The number of thioether (sulfide) groups is 1. The van der Waals surface area contributed by atoms with Crippen LogP contribution in [0.15, 0.2) is 29.2 Å². The number of anilines is 1. The monoisotopic (exact) mass is 408 g/mol. The number of alkyl halides is 2. The molecule has 7 heteroatoms. The fraction of sp³-hybridized carbons (Fsp3) is 0.619. The molecular formula is C21H26F2N2O2S. The predicted molar refractivity (Wildman–Crippen MR) is 105 cm³/mol. The van der Waals surface area contributed by atoms with E-state index in [1.807, 2.05) is 0 Å². The van der Waals surface area contributed by atoms with Crippen molar-refractivity contribution in [2.45, 2.75) is 55.6 Å². The minimum atomic E-state index is -2.46. The molecule has 4 bridgehead atoms. The second-order valence-corrected chi connectivity index (χ2v) is 9.72. The van der Waals surface area contributed by atoms with Gasteiger partial charge in [0.2, 0.25) is 11.8 Å². The van der Waals surface area contributed by atoms with Gasteiger partial charge in [0.05, 0.1) is 0 Å². The fourth-order valence-corrected chi connectivity index (χ4v) is 6.31. The summed E-state index contributed by atoms with van der Waals surface area (Å²) in [6.45, 7) is 0.325. The minimum absolute atomic E-state index is 0.132. The Balaban J connectivity index is 1.23. The summed E-state index contributed by atoms with van der Waals surface area (Å²) in [5, 5.41) is 5.75. The lowest BCUT2D eigenvalue weighted by atomic mass is 9.49. The first-order valence-electron chi connectivity index (χ1n) is 10.0. The van der Waals surface area contributed by atoms with Crippen LogP contribution >= 0.6 is 11.8 Å². The van der Waals surface area contributed by atoms with Crippen molar-refractivity contribution < 1.29 is 18.4 Å². The van der Waals surface area contributed by atoms with Crippen LogP contribution in [-0.4, -0.2) is 24.1 Å². The molecule has 0 heterocycles. The third kappa shape index (κ3) is 4.34. The van der Waals surface area contributed by atoms with Crippen LogP contribution in [0.1, 0.15) is 44.9 Å². The van der Waals surface area contributed by atoms with E-state index in [1.54, 1.807) is 24.3 Å². The summed E-state index contributed by atoms with van der Waals surface area (Å²) in [7, 11) is 0. The Morgan fingerprint density at radius 1 is 1.04 bits per heavy atom. The van der Waals surface area contributed by atoms with Crippen LogP contribution in [0.5, 0.6) is 0 Å². The molecule has 5 rings (SSSR count). The molecule has 0 radical (unpaired) electrons. The molecule has 1 aromatic carbocycles. The van der Waals surface area contributed by atoms with E-state index in [2.05, 4.69) is 10.6 Å². The van der Waals surface area contributed by atoms with E-state index in [9.17, 15) is 18.4 Å². The van der Waals surface area contributed by atoms with Gasteiger partial charge in [0.25, 0.3) is 5.76 Å². The van der Waals surface area contributed by atoms with Crippen molar-refractivity contribution in [2.75, 3.05) is 11.9 Å². The van der Waals surface area contributed by atoms with Gasteiger partial charge in [0, 0.05) is 29.0 Å². The molecule has 4 aliphatic rings. The second kappa shape index (κ2) is 8.01.